The Bertz CT molecular complexity index is 676. The van der Waals surface area contributed by atoms with Crippen LogP contribution in [0.5, 0.6) is 0 Å². The fourth-order valence-corrected chi connectivity index (χ4v) is 4.06. The van der Waals surface area contributed by atoms with Crippen molar-refractivity contribution in [3.05, 3.63) is 35.4 Å². The van der Waals surface area contributed by atoms with Crippen LogP contribution in [0.1, 0.15) is 48.0 Å². The van der Waals surface area contributed by atoms with Crippen molar-refractivity contribution >= 4 is 11.9 Å². The molecule has 0 aliphatic carbocycles. The predicted octanol–water partition coefficient (Wildman–Crippen LogP) is 2.05. The largest absolute Gasteiger partial charge is 0.379 e. The quantitative estimate of drug-likeness (QED) is 0.685. The maximum Gasteiger partial charge on any atom is 0.317 e. The Labute approximate surface area is 173 Å². The van der Waals surface area contributed by atoms with Crippen molar-refractivity contribution in [2.75, 3.05) is 59.0 Å². The fourth-order valence-electron chi connectivity index (χ4n) is 4.06. The van der Waals surface area contributed by atoms with E-state index in [-0.39, 0.29) is 17.9 Å². The third kappa shape index (κ3) is 6.44. The van der Waals surface area contributed by atoms with Gasteiger partial charge >= 0.3 is 6.03 Å². The van der Waals surface area contributed by atoms with Crippen LogP contribution in [0.2, 0.25) is 0 Å². The van der Waals surface area contributed by atoms with Gasteiger partial charge in [0, 0.05) is 50.7 Å². The predicted molar refractivity (Wildman–Crippen MR) is 113 cm³/mol. The first-order valence-corrected chi connectivity index (χ1v) is 10.9. The topological polar surface area (TPSA) is 73.9 Å². The normalized spacial score (nSPS) is 20.3. The number of piperidine rings is 1. The number of ether oxygens (including phenoxy) is 1. The number of nitrogens with zero attached hydrogens (tertiary/aromatic N) is 2. The van der Waals surface area contributed by atoms with Crippen LogP contribution in [0.15, 0.2) is 24.3 Å². The van der Waals surface area contributed by atoms with Crippen molar-refractivity contribution in [1.82, 2.24) is 20.4 Å². The Hall–Kier alpha value is -2.12. The second kappa shape index (κ2) is 11.2. The number of hydrogen-bond donors (Lipinski definition) is 2. The van der Waals surface area contributed by atoms with E-state index < -0.39 is 0 Å². The summed E-state index contributed by atoms with van der Waals surface area (Å²) in [6.07, 6.45) is 2.97. The first-order valence-electron chi connectivity index (χ1n) is 10.9. The minimum Gasteiger partial charge on any atom is -0.379 e. The summed E-state index contributed by atoms with van der Waals surface area (Å²) in [6, 6.07) is 7.88. The molecular formula is C22H34N4O3. The molecule has 2 N–H and O–H groups in total. The zero-order valence-corrected chi connectivity index (χ0v) is 17.5. The number of carbonyl (C=O) groups is 2. The lowest BCUT2D eigenvalue weighted by Crippen LogP contribution is -2.44. The summed E-state index contributed by atoms with van der Waals surface area (Å²) in [5.41, 5.74) is 1.84. The summed E-state index contributed by atoms with van der Waals surface area (Å²) < 4.78 is 5.36. The summed E-state index contributed by atoms with van der Waals surface area (Å²) in [5.74, 6) is 0.255. The van der Waals surface area contributed by atoms with Crippen LogP contribution in [-0.2, 0) is 4.74 Å². The molecule has 1 unspecified atom stereocenters. The summed E-state index contributed by atoms with van der Waals surface area (Å²) in [5, 5.41) is 5.92. The molecule has 1 aromatic rings. The molecule has 7 heteroatoms. The lowest BCUT2D eigenvalue weighted by molar-refractivity contribution is 0.0374. The molecule has 0 saturated carbocycles. The molecule has 3 rings (SSSR count). The molecule has 1 atom stereocenters. The van der Waals surface area contributed by atoms with Crippen LogP contribution < -0.4 is 10.6 Å². The number of morpholine rings is 1. The van der Waals surface area contributed by atoms with Crippen molar-refractivity contribution in [3.63, 3.8) is 0 Å². The summed E-state index contributed by atoms with van der Waals surface area (Å²) >= 11 is 0. The van der Waals surface area contributed by atoms with Crippen LogP contribution in [0.3, 0.4) is 0 Å². The van der Waals surface area contributed by atoms with E-state index in [2.05, 4.69) is 21.6 Å². The number of hydrogen-bond acceptors (Lipinski definition) is 4. The maximum atomic E-state index is 12.6. The van der Waals surface area contributed by atoms with Gasteiger partial charge in [0.15, 0.2) is 0 Å². The van der Waals surface area contributed by atoms with Gasteiger partial charge in [0.05, 0.1) is 13.2 Å². The highest BCUT2D eigenvalue weighted by atomic mass is 16.5. The average molecular weight is 403 g/mol. The molecule has 0 radical (unpaired) electrons. The van der Waals surface area contributed by atoms with Gasteiger partial charge in [-0.3, -0.25) is 9.69 Å². The summed E-state index contributed by atoms with van der Waals surface area (Å²) in [4.78, 5) is 29.0. The number of urea groups is 1. The van der Waals surface area contributed by atoms with Gasteiger partial charge in [0.2, 0.25) is 0 Å². The van der Waals surface area contributed by atoms with Crippen LogP contribution in [-0.4, -0.2) is 80.8 Å². The molecular weight excluding hydrogens is 368 g/mol. The highest BCUT2D eigenvalue weighted by Gasteiger charge is 2.25. The van der Waals surface area contributed by atoms with Crippen LogP contribution >= 0.6 is 0 Å². The van der Waals surface area contributed by atoms with Crippen molar-refractivity contribution in [1.29, 1.82) is 0 Å². The lowest BCUT2D eigenvalue weighted by atomic mass is 9.89. The molecule has 0 spiro atoms. The molecule has 2 aliphatic heterocycles. The van der Waals surface area contributed by atoms with Gasteiger partial charge in [-0.15, -0.1) is 0 Å². The van der Waals surface area contributed by atoms with Gasteiger partial charge in [0.1, 0.15) is 0 Å². The van der Waals surface area contributed by atoms with E-state index >= 15 is 0 Å². The van der Waals surface area contributed by atoms with Crippen LogP contribution in [0.4, 0.5) is 4.79 Å². The van der Waals surface area contributed by atoms with Crippen molar-refractivity contribution in [3.8, 4) is 0 Å². The number of carbonyl (C=O) groups excluding carboxylic acids is 2. The molecule has 2 aliphatic rings. The second-order valence-corrected chi connectivity index (χ2v) is 7.81. The van der Waals surface area contributed by atoms with Gasteiger partial charge < -0.3 is 20.3 Å². The van der Waals surface area contributed by atoms with Gasteiger partial charge in [-0.25, -0.2) is 4.79 Å². The Balaban J connectivity index is 1.49. The molecule has 2 heterocycles. The molecule has 1 aromatic carbocycles. The Kier molecular flexibility index (Phi) is 8.31. The van der Waals surface area contributed by atoms with E-state index in [0.717, 1.165) is 64.2 Å². The van der Waals surface area contributed by atoms with E-state index in [1.807, 2.05) is 30.0 Å². The number of benzene rings is 1. The molecule has 2 saturated heterocycles. The molecule has 160 valence electrons. The molecule has 2 fully saturated rings. The van der Waals surface area contributed by atoms with Gasteiger partial charge in [-0.05, 0) is 50.4 Å². The minimum atomic E-state index is -0.0229. The molecule has 0 bridgehead atoms. The van der Waals surface area contributed by atoms with E-state index in [1.54, 1.807) is 0 Å². The van der Waals surface area contributed by atoms with Gasteiger partial charge in [-0.1, -0.05) is 12.1 Å². The van der Waals surface area contributed by atoms with Gasteiger partial charge in [0.25, 0.3) is 5.91 Å². The maximum absolute atomic E-state index is 12.6. The van der Waals surface area contributed by atoms with Gasteiger partial charge in [-0.2, -0.15) is 0 Å². The molecule has 7 nitrogen and oxygen atoms in total. The van der Waals surface area contributed by atoms with Crippen LogP contribution in [0.25, 0.3) is 0 Å². The molecule has 0 aromatic heterocycles. The first kappa shape index (κ1) is 21.6. The highest BCUT2D eigenvalue weighted by molar-refractivity contribution is 5.94. The third-order valence-electron chi connectivity index (χ3n) is 5.70. The van der Waals surface area contributed by atoms with Crippen molar-refractivity contribution in [2.45, 2.75) is 32.1 Å². The number of nitrogens with one attached hydrogen (secondary N) is 2. The summed E-state index contributed by atoms with van der Waals surface area (Å²) in [7, 11) is 0. The van der Waals surface area contributed by atoms with E-state index in [4.69, 9.17) is 4.74 Å². The second-order valence-electron chi connectivity index (χ2n) is 7.81. The Morgan fingerprint density at radius 1 is 1.17 bits per heavy atom. The van der Waals surface area contributed by atoms with E-state index in [9.17, 15) is 9.59 Å². The standard InChI is InChI=1S/C22H34N4O3/c1-2-23-22(28)26-11-4-8-20(17-26)18-6-3-7-19(16-18)21(27)24-9-5-10-25-12-14-29-15-13-25/h3,6-7,16,20H,2,4-5,8-15,17H2,1H3,(H,23,28)(H,24,27). The molecule has 29 heavy (non-hydrogen) atoms. The number of likely N-dealkylation sites (tertiary alicyclic amines) is 1. The third-order valence-corrected chi connectivity index (χ3v) is 5.70. The van der Waals surface area contributed by atoms with E-state index in [0.29, 0.717) is 25.2 Å². The monoisotopic (exact) mass is 402 g/mol. The zero-order chi connectivity index (χ0) is 20.5. The highest BCUT2D eigenvalue weighted by Crippen LogP contribution is 2.27. The molecule has 3 amide bonds. The first-order chi connectivity index (χ1) is 14.2. The van der Waals surface area contributed by atoms with Crippen molar-refractivity contribution < 1.29 is 14.3 Å². The number of rotatable bonds is 7. The van der Waals surface area contributed by atoms with E-state index in [1.165, 1.54) is 0 Å². The van der Waals surface area contributed by atoms with Crippen LogP contribution in [0, 0.1) is 0 Å². The fraction of sp³-hybridized carbons (Fsp3) is 0.636. The Morgan fingerprint density at radius 3 is 2.79 bits per heavy atom. The lowest BCUT2D eigenvalue weighted by Gasteiger charge is -2.33. The average Bonchev–Trinajstić information content (AvgIpc) is 2.77. The van der Waals surface area contributed by atoms with Crippen molar-refractivity contribution in [2.24, 2.45) is 0 Å². The Morgan fingerprint density at radius 2 is 2.00 bits per heavy atom. The summed E-state index contributed by atoms with van der Waals surface area (Å²) in [6.45, 7) is 9.30. The smallest absolute Gasteiger partial charge is 0.317 e. The zero-order valence-electron chi connectivity index (χ0n) is 17.5. The minimum absolute atomic E-state index is 0.00589. The SMILES string of the molecule is CCNC(=O)N1CCCC(c2cccc(C(=O)NCCCN3CCOCC3)c2)C1. The number of amides is 3.